The van der Waals surface area contributed by atoms with Crippen molar-refractivity contribution in [1.29, 1.82) is 0 Å². The van der Waals surface area contributed by atoms with E-state index in [2.05, 4.69) is 36.2 Å². The van der Waals surface area contributed by atoms with Crippen LogP contribution in [0.2, 0.25) is 0 Å². The van der Waals surface area contributed by atoms with Crippen molar-refractivity contribution in [3.05, 3.63) is 66.0 Å². The van der Waals surface area contributed by atoms with Gasteiger partial charge in [-0.05, 0) is 43.4 Å². The maximum absolute atomic E-state index is 12.7. The summed E-state index contributed by atoms with van der Waals surface area (Å²) in [6, 6.07) is 18.3. The predicted octanol–water partition coefficient (Wildman–Crippen LogP) is 5.24. The zero-order valence-electron chi connectivity index (χ0n) is 18.7. The fraction of sp³-hybridized carbons (Fsp3) is 0.423. The van der Waals surface area contributed by atoms with E-state index in [1.165, 1.54) is 12.8 Å². The van der Waals surface area contributed by atoms with Gasteiger partial charge in [0.1, 0.15) is 11.6 Å². The van der Waals surface area contributed by atoms with E-state index in [9.17, 15) is 4.79 Å². The molecule has 31 heavy (non-hydrogen) atoms. The second kappa shape index (κ2) is 9.46. The number of hydrogen-bond acceptors (Lipinski definition) is 4. The van der Waals surface area contributed by atoms with Crippen LogP contribution in [-0.2, 0) is 4.79 Å². The molecule has 0 saturated heterocycles. The van der Waals surface area contributed by atoms with Gasteiger partial charge in [-0.1, -0.05) is 56.3 Å². The molecule has 2 aromatic carbocycles. The number of amides is 1. The van der Waals surface area contributed by atoms with Crippen LogP contribution in [0.25, 0.3) is 10.9 Å². The number of nitrogens with zero attached hydrogens (tertiary/aromatic N) is 3. The standard InChI is InChI=1S/C26H32N4O/c1-18(2)17-30(16-15-24(31)27-19(3)20-9-5-4-6-10-20)26-22-11-7-8-12-23(22)28-25(29-26)21-13-14-21/h4-12,18-19,21H,13-17H2,1-3H3,(H,27,31)/t19-/m1/s1. The lowest BCUT2D eigenvalue weighted by molar-refractivity contribution is -0.121. The first-order valence-electron chi connectivity index (χ1n) is 11.4. The van der Waals surface area contributed by atoms with Gasteiger partial charge in [-0.3, -0.25) is 4.79 Å². The van der Waals surface area contributed by atoms with Crippen LogP contribution in [0.3, 0.4) is 0 Å². The fourth-order valence-corrected chi connectivity index (χ4v) is 3.94. The van der Waals surface area contributed by atoms with Crippen molar-refractivity contribution in [3.63, 3.8) is 0 Å². The van der Waals surface area contributed by atoms with E-state index in [1.54, 1.807) is 0 Å². The molecular weight excluding hydrogens is 384 g/mol. The third-order valence-electron chi connectivity index (χ3n) is 5.71. The van der Waals surface area contributed by atoms with E-state index in [1.807, 2.05) is 49.4 Å². The third kappa shape index (κ3) is 5.40. The average molecular weight is 417 g/mol. The summed E-state index contributed by atoms with van der Waals surface area (Å²) in [6.07, 6.45) is 2.77. The van der Waals surface area contributed by atoms with Crippen molar-refractivity contribution < 1.29 is 4.79 Å². The number of aromatic nitrogens is 2. The van der Waals surface area contributed by atoms with E-state index in [-0.39, 0.29) is 11.9 Å². The Labute approximate surface area is 184 Å². The molecule has 0 radical (unpaired) electrons. The molecule has 5 heteroatoms. The smallest absolute Gasteiger partial charge is 0.222 e. The van der Waals surface area contributed by atoms with E-state index < -0.39 is 0 Å². The van der Waals surface area contributed by atoms with Gasteiger partial charge in [0.25, 0.3) is 0 Å². The maximum Gasteiger partial charge on any atom is 0.222 e. The molecule has 0 spiro atoms. The van der Waals surface area contributed by atoms with Gasteiger partial charge in [-0.2, -0.15) is 0 Å². The largest absolute Gasteiger partial charge is 0.355 e. The van der Waals surface area contributed by atoms with Crippen LogP contribution in [0.15, 0.2) is 54.6 Å². The van der Waals surface area contributed by atoms with Gasteiger partial charge < -0.3 is 10.2 Å². The van der Waals surface area contributed by atoms with Crippen LogP contribution in [0.4, 0.5) is 5.82 Å². The van der Waals surface area contributed by atoms with E-state index in [0.717, 1.165) is 34.7 Å². The summed E-state index contributed by atoms with van der Waals surface area (Å²) in [5.74, 6) is 2.92. The Morgan fingerprint density at radius 3 is 2.45 bits per heavy atom. The summed E-state index contributed by atoms with van der Waals surface area (Å²) < 4.78 is 0. The van der Waals surface area contributed by atoms with Crippen LogP contribution >= 0.6 is 0 Å². The van der Waals surface area contributed by atoms with Crippen LogP contribution < -0.4 is 10.2 Å². The zero-order valence-corrected chi connectivity index (χ0v) is 18.7. The second-order valence-electron chi connectivity index (χ2n) is 8.99. The Morgan fingerprint density at radius 2 is 1.74 bits per heavy atom. The van der Waals surface area contributed by atoms with Gasteiger partial charge >= 0.3 is 0 Å². The molecule has 1 fully saturated rings. The summed E-state index contributed by atoms with van der Waals surface area (Å²) in [6.45, 7) is 7.92. The molecule has 4 rings (SSSR count). The number of fused-ring (bicyclic) bond motifs is 1. The van der Waals surface area contributed by atoms with Gasteiger partial charge in [0.2, 0.25) is 5.91 Å². The molecule has 1 heterocycles. The van der Waals surface area contributed by atoms with Crippen molar-refractivity contribution in [2.75, 3.05) is 18.0 Å². The first-order valence-corrected chi connectivity index (χ1v) is 11.4. The quantitative estimate of drug-likeness (QED) is 0.518. The Hall–Kier alpha value is -2.95. The number of para-hydroxylation sites is 1. The van der Waals surface area contributed by atoms with Crippen molar-refractivity contribution in [2.24, 2.45) is 5.92 Å². The number of anilines is 1. The molecule has 1 aromatic heterocycles. The lowest BCUT2D eigenvalue weighted by atomic mass is 10.1. The lowest BCUT2D eigenvalue weighted by Gasteiger charge is -2.27. The van der Waals surface area contributed by atoms with Crippen molar-refractivity contribution >= 4 is 22.6 Å². The minimum Gasteiger partial charge on any atom is -0.355 e. The number of hydrogen-bond donors (Lipinski definition) is 1. The molecule has 0 unspecified atom stereocenters. The fourth-order valence-electron chi connectivity index (χ4n) is 3.94. The number of carbonyl (C=O) groups excluding carboxylic acids is 1. The number of carbonyl (C=O) groups is 1. The molecule has 1 aliphatic rings. The van der Waals surface area contributed by atoms with E-state index in [0.29, 0.717) is 24.8 Å². The molecule has 1 aliphatic carbocycles. The Morgan fingerprint density at radius 1 is 1.03 bits per heavy atom. The van der Waals surface area contributed by atoms with E-state index >= 15 is 0 Å². The van der Waals surface area contributed by atoms with Crippen molar-refractivity contribution in [3.8, 4) is 0 Å². The van der Waals surface area contributed by atoms with Gasteiger partial charge in [0.05, 0.1) is 11.6 Å². The molecule has 5 nitrogen and oxygen atoms in total. The highest BCUT2D eigenvalue weighted by Gasteiger charge is 2.28. The van der Waals surface area contributed by atoms with Crippen LogP contribution in [-0.4, -0.2) is 29.0 Å². The summed E-state index contributed by atoms with van der Waals surface area (Å²) in [5.41, 5.74) is 2.11. The SMILES string of the molecule is CC(C)CN(CCC(=O)N[C@H](C)c1ccccc1)c1nc(C2CC2)nc2ccccc12. The van der Waals surface area contributed by atoms with Gasteiger partial charge in [-0.15, -0.1) is 0 Å². The van der Waals surface area contributed by atoms with Gasteiger partial charge in [-0.25, -0.2) is 9.97 Å². The van der Waals surface area contributed by atoms with Gasteiger partial charge in [0, 0.05) is 30.8 Å². The molecule has 1 amide bonds. The summed E-state index contributed by atoms with van der Waals surface area (Å²) in [7, 11) is 0. The monoisotopic (exact) mass is 416 g/mol. The average Bonchev–Trinajstić information content (AvgIpc) is 3.62. The minimum absolute atomic E-state index is 0.00593. The minimum atomic E-state index is -0.00593. The topological polar surface area (TPSA) is 58.1 Å². The Kier molecular flexibility index (Phi) is 6.50. The van der Waals surface area contributed by atoms with Crippen LogP contribution in [0, 0.1) is 5.92 Å². The number of rotatable bonds is 9. The number of nitrogens with one attached hydrogen (secondary N) is 1. The molecule has 3 aromatic rings. The zero-order chi connectivity index (χ0) is 21.8. The summed E-state index contributed by atoms with van der Waals surface area (Å²) >= 11 is 0. The maximum atomic E-state index is 12.7. The summed E-state index contributed by atoms with van der Waals surface area (Å²) in [5, 5.41) is 4.20. The molecule has 0 aliphatic heterocycles. The highest BCUT2D eigenvalue weighted by Crippen LogP contribution is 2.40. The molecule has 0 bridgehead atoms. The first kappa shape index (κ1) is 21.3. The molecule has 1 atom stereocenters. The third-order valence-corrected chi connectivity index (χ3v) is 5.71. The normalized spacial score (nSPS) is 14.6. The van der Waals surface area contributed by atoms with E-state index in [4.69, 9.17) is 9.97 Å². The van der Waals surface area contributed by atoms with Crippen LogP contribution in [0.5, 0.6) is 0 Å². The lowest BCUT2D eigenvalue weighted by Crippen LogP contribution is -2.34. The first-order chi connectivity index (χ1) is 15.0. The number of benzene rings is 2. The van der Waals surface area contributed by atoms with Crippen molar-refractivity contribution in [2.45, 2.75) is 52.0 Å². The molecule has 1 saturated carbocycles. The van der Waals surface area contributed by atoms with Crippen molar-refractivity contribution in [1.82, 2.24) is 15.3 Å². The second-order valence-corrected chi connectivity index (χ2v) is 8.99. The van der Waals surface area contributed by atoms with Gasteiger partial charge in [0.15, 0.2) is 0 Å². The highest BCUT2D eigenvalue weighted by molar-refractivity contribution is 5.90. The Balaban J connectivity index is 1.52. The molecular formula is C26H32N4O. The highest BCUT2D eigenvalue weighted by atomic mass is 16.1. The predicted molar refractivity (Wildman–Crippen MR) is 126 cm³/mol. The molecule has 162 valence electrons. The Bertz CT molecular complexity index is 1030. The van der Waals surface area contributed by atoms with Crippen LogP contribution in [0.1, 0.15) is 63.4 Å². The summed E-state index contributed by atoms with van der Waals surface area (Å²) in [4.78, 5) is 24.8. The molecule has 1 N–H and O–H groups in total.